The van der Waals surface area contributed by atoms with Crippen LogP contribution >= 0.6 is 0 Å². The van der Waals surface area contributed by atoms with Crippen molar-refractivity contribution in [2.45, 2.75) is 13.8 Å². The van der Waals surface area contributed by atoms with E-state index in [-0.39, 0.29) is 49.1 Å². The fourth-order valence-corrected chi connectivity index (χ4v) is 3.79. The van der Waals surface area contributed by atoms with Crippen LogP contribution in [0.25, 0.3) is 0 Å². The van der Waals surface area contributed by atoms with E-state index in [1.165, 1.54) is 12.1 Å². The summed E-state index contributed by atoms with van der Waals surface area (Å²) < 4.78 is 20.5. The van der Waals surface area contributed by atoms with Crippen molar-refractivity contribution in [1.82, 2.24) is 4.90 Å². The highest BCUT2D eigenvalue weighted by atomic mass is 16.6. The number of Topliss-reactive ketones (excluding diaryl/α,β-unsaturated/α-hetero) is 2. The van der Waals surface area contributed by atoms with Gasteiger partial charge in [0.05, 0.1) is 37.3 Å². The highest BCUT2D eigenvalue weighted by Gasteiger charge is 2.36. The molecular weight excluding hydrogens is 472 g/mol. The van der Waals surface area contributed by atoms with E-state index >= 15 is 0 Å². The summed E-state index contributed by atoms with van der Waals surface area (Å²) in [5, 5.41) is 19.6. The molecule has 0 spiro atoms. The molecule has 1 aliphatic carbocycles. The number of hydrogen-bond acceptors (Lipinski definition) is 11. The zero-order valence-corrected chi connectivity index (χ0v) is 19.9. The van der Waals surface area contributed by atoms with Gasteiger partial charge in [-0.3, -0.25) is 9.59 Å². The number of hydrogen-bond donors (Lipinski definition) is 1. The maximum absolute atomic E-state index is 13.0. The second-order valence-corrected chi connectivity index (χ2v) is 7.91. The van der Waals surface area contributed by atoms with Crippen molar-refractivity contribution in [3.05, 3.63) is 41.6 Å². The standard InChI is InChI=1S/C25H26N2O9/c1-3-33-23(30)13-35-21-7-17(19(28)8-22(21)36-14-24(31)34-4-2)20(29)12-27-10-16-6-5-15(9-26)25(32)18(16)11-27/h5-8,10,15,18,28H,3-4,11-14H2,1-2H3. The van der Waals surface area contributed by atoms with Crippen LogP contribution in [0, 0.1) is 23.2 Å². The molecule has 2 unspecified atom stereocenters. The maximum atomic E-state index is 13.0. The summed E-state index contributed by atoms with van der Waals surface area (Å²) in [6.07, 6.45) is 4.92. The number of phenols is 1. The molecule has 0 amide bonds. The van der Waals surface area contributed by atoms with Crippen molar-refractivity contribution >= 4 is 23.5 Å². The van der Waals surface area contributed by atoms with E-state index in [9.17, 15) is 24.3 Å². The number of aromatic hydroxyl groups is 1. The third-order valence-electron chi connectivity index (χ3n) is 5.43. The van der Waals surface area contributed by atoms with Crippen LogP contribution in [0.3, 0.4) is 0 Å². The number of esters is 2. The molecule has 11 nitrogen and oxygen atoms in total. The molecule has 36 heavy (non-hydrogen) atoms. The molecule has 0 fully saturated rings. The number of nitrogens with zero attached hydrogens (tertiary/aromatic N) is 2. The minimum absolute atomic E-state index is 0.0584. The first-order valence-corrected chi connectivity index (χ1v) is 11.3. The molecule has 1 heterocycles. The molecule has 0 saturated carbocycles. The second-order valence-electron chi connectivity index (χ2n) is 7.91. The average Bonchev–Trinajstić information content (AvgIpc) is 3.26. The normalized spacial score (nSPS) is 18.1. The molecule has 2 atom stereocenters. The van der Waals surface area contributed by atoms with Crippen molar-refractivity contribution in [3.8, 4) is 23.3 Å². The predicted octanol–water partition coefficient (Wildman–Crippen LogP) is 1.55. The number of carbonyl (C=O) groups is 4. The summed E-state index contributed by atoms with van der Waals surface area (Å²) >= 11 is 0. The topological polar surface area (TPSA) is 152 Å². The fourth-order valence-electron chi connectivity index (χ4n) is 3.79. The number of nitriles is 1. The number of carbonyl (C=O) groups excluding carboxylic acids is 4. The van der Waals surface area contributed by atoms with Gasteiger partial charge in [0.1, 0.15) is 11.7 Å². The summed E-state index contributed by atoms with van der Waals surface area (Å²) in [6, 6.07) is 4.27. The first-order valence-electron chi connectivity index (χ1n) is 11.3. The van der Waals surface area contributed by atoms with Crippen molar-refractivity contribution in [2.75, 3.05) is 39.5 Å². The van der Waals surface area contributed by atoms with Gasteiger partial charge in [0, 0.05) is 18.8 Å². The monoisotopic (exact) mass is 498 g/mol. The third kappa shape index (κ3) is 6.21. The quantitative estimate of drug-likeness (QED) is 0.349. The highest BCUT2D eigenvalue weighted by Crippen LogP contribution is 2.36. The van der Waals surface area contributed by atoms with Crippen LogP contribution < -0.4 is 9.47 Å². The zero-order valence-electron chi connectivity index (χ0n) is 19.9. The Kier molecular flexibility index (Phi) is 8.67. The van der Waals surface area contributed by atoms with Gasteiger partial charge >= 0.3 is 11.9 Å². The SMILES string of the molecule is CCOC(=O)COc1cc(O)c(C(=O)CN2C=C3C=CC(C#N)C(=O)C3C2)cc1OCC(=O)OCC. The number of phenolic OH excluding ortho intramolecular Hbond substituents is 1. The maximum Gasteiger partial charge on any atom is 0.344 e. The molecule has 0 radical (unpaired) electrons. The first kappa shape index (κ1) is 26.3. The molecule has 190 valence electrons. The number of rotatable bonds is 11. The lowest BCUT2D eigenvalue weighted by Gasteiger charge is -2.20. The Morgan fingerprint density at radius 1 is 1.08 bits per heavy atom. The lowest BCUT2D eigenvalue weighted by Crippen LogP contribution is -2.31. The summed E-state index contributed by atoms with van der Waals surface area (Å²) in [7, 11) is 0. The third-order valence-corrected chi connectivity index (χ3v) is 5.43. The van der Waals surface area contributed by atoms with Gasteiger partial charge < -0.3 is 29.0 Å². The Morgan fingerprint density at radius 3 is 2.28 bits per heavy atom. The summed E-state index contributed by atoms with van der Waals surface area (Å²) in [6.45, 7) is 2.67. The van der Waals surface area contributed by atoms with Gasteiger partial charge in [0.25, 0.3) is 0 Å². The Hall–Kier alpha value is -4.33. The van der Waals surface area contributed by atoms with E-state index in [1.807, 2.05) is 6.07 Å². The average molecular weight is 498 g/mol. The van der Waals surface area contributed by atoms with Crippen LogP contribution in [0.2, 0.25) is 0 Å². The molecule has 0 saturated heterocycles. The molecule has 2 aliphatic rings. The Bertz CT molecular complexity index is 1150. The molecule has 1 aromatic rings. The first-order chi connectivity index (χ1) is 17.3. The number of ketones is 2. The molecular formula is C25H26N2O9. The van der Waals surface area contributed by atoms with Gasteiger partial charge in [-0.15, -0.1) is 0 Å². The lowest BCUT2D eigenvalue weighted by atomic mass is 9.84. The van der Waals surface area contributed by atoms with E-state index in [1.54, 1.807) is 31.0 Å². The number of allylic oxidation sites excluding steroid dienone is 2. The van der Waals surface area contributed by atoms with Gasteiger partial charge in [-0.1, -0.05) is 12.2 Å². The van der Waals surface area contributed by atoms with E-state index < -0.39 is 48.5 Å². The Balaban J connectivity index is 1.77. The van der Waals surface area contributed by atoms with Gasteiger partial charge in [-0.05, 0) is 25.5 Å². The summed E-state index contributed by atoms with van der Waals surface area (Å²) in [5.41, 5.74) is 0.604. The fraction of sp³-hybridized carbons (Fsp3) is 0.400. The molecule has 1 aromatic carbocycles. The summed E-state index contributed by atoms with van der Waals surface area (Å²) in [4.78, 5) is 50.5. The van der Waals surface area contributed by atoms with Gasteiger partial charge in [0.15, 0.2) is 36.3 Å². The van der Waals surface area contributed by atoms with Gasteiger partial charge in [0.2, 0.25) is 0 Å². The van der Waals surface area contributed by atoms with Gasteiger partial charge in [-0.2, -0.15) is 5.26 Å². The van der Waals surface area contributed by atoms with Crippen LogP contribution in [0.1, 0.15) is 24.2 Å². The lowest BCUT2D eigenvalue weighted by molar-refractivity contribution is -0.146. The largest absolute Gasteiger partial charge is 0.507 e. The minimum atomic E-state index is -0.812. The van der Waals surface area contributed by atoms with E-state index in [4.69, 9.17) is 24.2 Å². The predicted molar refractivity (Wildman–Crippen MR) is 123 cm³/mol. The molecule has 11 heteroatoms. The molecule has 0 bridgehead atoms. The van der Waals surface area contributed by atoms with E-state index in [0.29, 0.717) is 5.57 Å². The van der Waals surface area contributed by atoms with Crippen LogP contribution in [0.5, 0.6) is 17.2 Å². The number of fused-ring (bicyclic) bond motifs is 1. The second kappa shape index (κ2) is 11.9. The van der Waals surface area contributed by atoms with Crippen molar-refractivity contribution in [1.29, 1.82) is 5.26 Å². The summed E-state index contributed by atoms with van der Waals surface area (Å²) in [5.74, 6) is -3.89. The number of benzene rings is 1. The molecule has 1 N–H and O–H groups in total. The van der Waals surface area contributed by atoms with Crippen molar-refractivity contribution in [3.63, 3.8) is 0 Å². The van der Waals surface area contributed by atoms with Crippen LogP contribution in [0.4, 0.5) is 0 Å². The van der Waals surface area contributed by atoms with Crippen molar-refractivity contribution in [2.24, 2.45) is 11.8 Å². The smallest absolute Gasteiger partial charge is 0.344 e. The molecule has 0 aromatic heterocycles. The Morgan fingerprint density at radius 2 is 1.69 bits per heavy atom. The van der Waals surface area contributed by atoms with Crippen molar-refractivity contribution < 1.29 is 43.2 Å². The zero-order chi connectivity index (χ0) is 26.2. The minimum Gasteiger partial charge on any atom is -0.507 e. The molecule has 3 rings (SSSR count). The van der Waals surface area contributed by atoms with Crippen LogP contribution in [0.15, 0.2) is 36.1 Å². The highest BCUT2D eigenvalue weighted by molar-refractivity contribution is 6.01. The van der Waals surface area contributed by atoms with E-state index in [2.05, 4.69) is 0 Å². The number of ether oxygens (including phenoxy) is 4. The van der Waals surface area contributed by atoms with E-state index in [0.717, 1.165) is 6.07 Å². The molecule has 1 aliphatic heterocycles. The van der Waals surface area contributed by atoms with Crippen LogP contribution in [-0.4, -0.2) is 73.0 Å². The van der Waals surface area contributed by atoms with Crippen LogP contribution in [-0.2, 0) is 23.9 Å². The Labute approximate surface area is 207 Å². The van der Waals surface area contributed by atoms with Gasteiger partial charge in [-0.25, -0.2) is 9.59 Å².